The SMILES string of the molecule is Nc1nc2c(ncn2CCCCC(N)C(=O)NC[C@H]2O[C@H](O[C@H]3[C@H](O)[C@@H](O)[C@H](N)C[C@@H]3N)[C@H](N)[C@@H](O)[C@@H]2O)c(=O)[nH]1. The number of aromatic nitrogens is 4. The number of aliphatic hydroxyl groups is 4. The van der Waals surface area contributed by atoms with Crippen LogP contribution >= 0.6 is 0 Å². The Balaban J connectivity index is 1.25. The number of aryl methyl sites for hydroxylation is 1. The highest BCUT2D eigenvalue weighted by Gasteiger charge is 2.48. The first-order chi connectivity index (χ1) is 19.4. The Bertz CT molecular complexity index is 1240. The van der Waals surface area contributed by atoms with Gasteiger partial charge in [0.15, 0.2) is 17.5 Å². The number of ether oxygens (including phenoxy) is 2. The minimum atomic E-state index is -1.48. The molecule has 1 aliphatic heterocycles. The Labute approximate surface area is 234 Å². The van der Waals surface area contributed by atoms with Crippen molar-refractivity contribution in [3.63, 3.8) is 0 Å². The number of nitrogens with one attached hydrogen (secondary N) is 2. The maximum Gasteiger partial charge on any atom is 0.280 e. The van der Waals surface area contributed by atoms with E-state index in [0.717, 1.165) is 0 Å². The summed E-state index contributed by atoms with van der Waals surface area (Å²) in [5, 5.41) is 44.0. The van der Waals surface area contributed by atoms with Crippen LogP contribution in [0.25, 0.3) is 11.2 Å². The van der Waals surface area contributed by atoms with E-state index < -0.39 is 78.5 Å². The first-order valence-corrected chi connectivity index (χ1v) is 13.4. The number of unbranched alkanes of at least 4 members (excludes halogenated alkanes) is 1. The highest BCUT2D eigenvalue weighted by atomic mass is 16.7. The zero-order valence-corrected chi connectivity index (χ0v) is 22.3. The van der Waals surface area contributed by atoms with Crippen LogP contribution in [0.2, 0.25) is 0 Å². The van der Waals surface area contributed by atoms with Crippen LogP contribution in [0.4, 0.5) is 5.95 Å². The molecule has 3 heterocycles. The molecule has 0 aromatic carbocycles. The third kappa shape index (κ3) is 6.83. The minimum Gasteiger partial charge on any atom is -0.389 e. The van der Waals surface area contributed by atoms with E-state index in [-0.39, 0.29) is 24.4 Å². The summed E-state index contributed by atoms with van der Waals surface area (Å²) in [6.45, 7) is 0.261. The number of nitrogen functional groups attached to an aromatic ring is 1. The number of aromatic amines is 1. The molecule has 18 heteroatoms. The summed E-state index contributed by atoms with van der Waals surface area (Å²) in [7, 11) is 0. The van der Waals surface area contributed by atoms with Crippen molar-refractivity contribution in [1.82, 2.24) is 24.8 Å². The highest BCUT2D eigenvalue weighted by molar-refractivity contribution is 5.81. The number of aliphatic hydroxyl groups excluding tert-OH is 4. The molecule has 0 radical (unpaired) electrons. The number of rotatable bonds is 10. The van der Waals surface area contributed by atoms with Crippen molar-refractivity contribution in [2.75, 3.05) is 12.3 Å². The average Bonchev–Trinajstić information content (AvgIpc) is 3.34. The molecular weight excluding hydrogens is 544 g/mol. The van der Waals surface area contributed by atoms with Gasteiger partial charge < -0.3 is 68.5 Å². The maximum atomic E-state index is 12.6. The van der Waals surface area contributed by atoms with Crippen molar-refractivity contribution in [3.05, 3.63) is 16.7 Å². The standard InChI is InChI=1S/C23H40N10O8/c24-8(3-1-2-4-33-7-30-13-19(33)31-23(28)32-21(13)39)20(38)29-6-11-15(35)16(36)12(27)22(40-11)41-18-10(26)5-9(25)14(34)17(18)37/h7-12,14-18,22,34-37H,1-6,24-27H2,(H,29,38)(H3,28,31,32,39)/t8?,9-,10+,11-,12-,14+,15-,16-,17-,18-,22-/m1/s1. The van der Waals surface area contributed by atoms with E-state index in [9.17, 15) is 30.0 Å². The molecule has 1 amide bonds. The zero-order valence-electron chi connectivity index (χ0n) is 22.3. The molecule has 230 valence electrons. The number of imidazole rings is 1. The van der Waals surface area contributed by atoms with E-state index in [4.69, 9.17) is 38.1 Å². The third-order valence-corrected chi connectivity index (χ3v) is 7.60. The van der Waals surface area contributed by atoms with Crippen LogP contribution in [0.15, 0.2) is 11.1 Å². The van der Waals surface area contributed by atoms with E-state index in [1.54, 1.807) is 4.57 Å². The molecule has 0 spiro atoms. The number of hydrogen-bond acceptors (Lipinski definition) is 15. The number of nitrogens with two attached hydrogens (primary N) is 5. The molecule has 1 saturated heterocycles. The van der Waals surface area contributed by atoms with Crippen LogP contribution in [0, 0.1) is 0 Å². The van der Waals surface area contributed by atoms with Gasteiger partial charge in [0.1, 0.15) is 30.5 Å². The molecule has 11 atom stereocenters. The van der Waals surface area contributed by atoms with E-state index in [1.807, 2.05) is 0 Å². The van der Waals surface area contributed by atoms with E-state index in [1.165, 1.54) is 6.33 Å². The van der Waals surface area contributed by atoms with Gasteiger partial charge in [0.2, 0.25) is 11.9 Å². The molecule has 16 N–H and O–H groups in total. The normalized spacial score (nSPS) is 34.9. The van der Waals surface area contributed by atoms with Crippen molar-refractivity contribution in [2.45, 2.75) is 99.3 Å². The Kier molecular flexibility index (Phi) is 9.90. The van der Waals surface area contributed by atoms with E-state index in [0.29, 0.717) is 31.5 Å². The molecule has 4 rings (SSSR count). The van der Waals surface area contributed by atoms with Crippen molar-refractivity contribution >= 4 is 23.0 Å². The van der Waals surface area contributed by atoms with Gasteiger partial charge >= 0.3 is 0 Å². The summed E-state index contributed by atoms with van der Waals surface area (Å²) in [6, 6.07) is -3.56. The number of H-pyrrole nitrogens is 1. The Hall–Kier alpha value is -2.78. The van der Waals surface area contributed by atoms with Crippen molar-refractivity contribution in [1.29, 1.82) is 0 Å². The predicted octanol–water partition coefficient (Wildman–Crippen LogP) is -5.75. The third-order valence-electron chi connectivity index (χ3n) is 7.60. The summed E-state index contributed by atoms with van der Waals surface area (Å²) >= 11 is 0. The van der Waals surface area contributed by atoms with Crippen LogP contribution in [0.5, 0.6) is 0 Å². The lowest BCUT2D eigenvalue weighted by atomic mass is 9.84. The molecule has 2 aromatic heterocycles. The fraction of sp³-hybridized carbons (Fsp3) is 0.739. The van der Waals surface area contributed by atoms with E-state index in [2.05, 4.69) is 20.3 Å². The molecular formula is C23H40N10O8. The molecule has 1 unspecified atom stereocenters. The number of anilines is 1. The maximum absolute atomic E-state index is 12.6. The Morgan fingerprint density at radius 2 is 1.88 bits per heavy atom. The van der Waals surface area contributed by atoms with Gasteiger partial charge in [-0.05, 0) is 25.7 Å². The Morgan fingerprint density at radius 1 is 1.15 bits per heavy atom. The number of hydrogen-bond donors (Lipinski definition) is 11. The topological polar surface area (TPSA) is 322 Å². The second-order valence-electron chi connectivity index (χ2n) is 10.7. The second-order valence-corrected chi connectivity index (χ2v) is 10.7. The number of fused-ring (bicyclic) bond motifs is 1. The van der Waals surface area contributed by atoms with Crippen LogP contribution in [0.3, 0.4) is 0 Å². The van der Waals surface area contributed by atoms with Crippen LogP contribution < -0.4 is 39.5 Å². The minimum absolute atomic E-state index is 0.0129. The summed E-state index contributed by atoms with van der Waals surface area (Å²) in [4.78, 5) is 35.0. The largest absolute Gasteiger partial charge is 0.389 e. The summed E-state index contributed by atoms with van der Waals surface area (Å²) in [5.41, 5.74) is 29.6. The van der Waals surface area contributed by atoms with Gasteiger partial charge in [-0.15, -0.1) is 0 Å². The number of nitrogens with zero attached hydrogens (tertiary/aromatic N) is 3. The van der Waals surface area contributed by atoms with Gasteiger partial charge in [0.05, 0.1) is 24.5 Å². The lowest BCUT2D eigenvalue weighted by Crippen LogP contribution is -2.67. The van der Waals surface area contributed by atoms with Gasteiger partial charge in [0, 0.05) is 25.2 Å². The summed E-state index contributed by atoms with van der Waals surface area (Å²) in [5.74, 6) is -0.514. The molecule has 2 fully saturated rings. The fourth-order valence-corrected chi connectivity index (χ4v) is 5.11. The molecule has 1 saturated carbocycles. The van der Waals surface area contributed by atoms with Gasteiger partial charge in [-0.3, -0.25) is 14.6 Å². The fourth-order valence-electron chi connectivity index (χ4n) is 5.11. The molecule has 0 bridgehead atoms. The zero-order chi connectivity index (χ0) is 30.0. The van der Waals surface area contributed by atoms with Crippen LogP contribution in [-0.4, -0.2) is 119 Å². The molecule has 2 aliphatic rings. The van der Waals surface area contributed by atoms with Crippen molar-refractivity contribution in [2.24, 2.45) is 22.9 Å². The van der Waals surface area contributed by atoms with Crippen LogP contribution in [-0.2, 0) is 20.8 Å². The first-order valence-electron chi connectivity index (χ1n) is 13.4. The smallest absolute Gasteiger partial charge is 0.280 e. The van der Waals surface area contributed by atoms with Crippen LogP contribution in [0.1, 0.15) is 25.7 Å². The van der Waals surface area contributed by atoms with Gasteiger partial charge in [-0.2, -0.15) is 4.98 Å². The monoisotopic (exact) mass is 584 g/mol. The second kappa shape index (κ2) is 13.0. The number of amides is 1. The highest BCUT2D eigenvalue weighted by Crippen LogP contribution is 2.27. The van der Waals surface area contributed by atoms with Crippen molar-refractivity contribution in [3.8, 4) is 0 Å². The lowest BCUT2D eigenvalue weighted by Gasteiger charge is -2.45. The van der Waals surface area contributed by atoms with Gasteiger partial charge in [-0.25, -0.2) is 4.98 Å². The quantitative estimate of drug-likeness (QED) is 0.116. The number of carbonyl (C=O) groups is 1. The van der Waals surface area contributed by atoms with Crippen molar-refractivity contribution < 1.29 is 34.7 Å². The predicted molar refractivity (Wildman–Crippen MR) is 144 cm³/mol. The average molecular weight is 585 g/mol. The molecule has 2 aromatic rings. The Morgan fingerprint density at radius 3 is 2.61 bits per heavy atom. The lowest BCUT2D eigenvalue weighted by molar-refractivity contribution is -0.288. The summed E-state index contributed by atoms with van der Waals surface area (Å²) in [6.07, 6.45) is -5.99. The molecule has 41 heavy (non-hydrogen) atoms. The molecule has 18 nitrogen and oxygen atoms in total. The number of carbonyl (C=O) groups excluding carboxylic acids is 1. The van der Waals surface area contributed by atoms with E-state index >= 15 is 0 Å². The molecule has 1 aliphatic carbocycles. The van der Waals surface area contributed by atoms with Gasteiger partial charge in [0.25, 0.3) is 5.56 Å². The summed E-state index contributed by atoms with van der Waals surface area (Å²) < 4.78 is 13.2. The van der Waals surface area contributed by atoms with Gasteiger partial charge in [-0.1, -0.05) is 0 Å². The first kappa shape index (κ1) is 31.2.